The second kappa shape index (κ2) is 10.3. The van der Waals surface area contributed by atoms with Crippen molar-refractivity contribution in [2.75, 3.05) is 34.0 Å². The van der Waals surface area contributed by atoms with Gasteiger partial charge in [0.25, 0.3) is 5.91 Å². The molecule has 2 aromatic rings. The van der Waals surface area contributed by atoms with E-state index in [1.165, 1.54) is 12.0 Å². The molecule has 0 radical (unpaired) electrons. The van der Waals surface area contributed by atoms with Gasteiger partial charge in [-0.3, -0.25) is 9.59 Å². The van der Waals surface area contributed by atoms with E-state index >= 15 is 0 Å². The smallest absolute Gasteiger partial charge is 0.325 e. The van der Waals surface area contributed by atoms with E-state index < -0.39 is 5.97 Å². The summed E-state index contributed by atoms with van der Waals surface area (Å²) in [5.74, 6) is -0.155. The molecule has 0 heterocycles. The van der Waals surface area contributed by atoms with Crippen molar-refractivity contribution in [2.45, 2.75) is 13.5 Å². The molecular formula is C21H25NO5. The molecule has 144 valence electrons. The molecule has 0 N–H and O–H groups in total. The van der Waals surface area contributed by atoms with Crippen molar-refractivity contribution in [1.82, 2.24) is 4.90 Å². The third-order valence-electron chi connectivity index (χ3n) is 4.09. The number of carbonyl (C=O) groups excluding carboxylic acids is 2. The molecule has 0 aliphatic carbocycles. The van der Waals surface area contributed by atoms with Gasteiger partial charge in [0, 0.05) is 19.2 Å². The fourth-order valence-electron chi connectivity index (χ4n) is 2.56. The van der Waals surface area contributed by atoms with Crippen molar-refractivity contribution in [1.29, 1.82) is 0 Å². The third-order valence-corrected chi connectivity index (χ3v) is 4.09. The Morgan fingerprint density at radius 3 is 2.48 bits per heavy atom. The van der Waals surface area contributed by atoms with Gasteiger partial charge >= 0.3 is 5.97 Å². The molecule has 27 heavy (non-hydrogen) atoms. The maximum absolute atomic E-state index is 13.0. The van der Waals surface area contributed by atoms with E-state index in [2.05, 4.69) is 0 Å². The van der Waals surface area contributed by atoms with Gasteiger partial charge in [-0.05, 0) is 36.2 Å². The quantitative estimate of drug-likeness (QED) is 0.501. The van der Waals surface area contributed by atoms with Crippen LogP contribution in [0.1, 0.15) is 21.5 Å². The second-order valence-corrected chi connectivity index (χ2v) is 6.03. The molecule has 0 bridgehead atoms. The zero-order valence-corrected chi connectivity index (χ0v) is 15.9. The van der Waals surface area contributed by atoms with Gasteiger partial charge in [0.2, 0.25) is 0 Å². The fraction of sp³-hybridized carbons (Fsp3) is 0.333. The summed E-state index contributed by atoms with van der Waals surface area (Å²) in [4.78, 5) is 26.3. The van der Waals surface area contributed by atoms with Gasteiger partial charge in [0.15, 0.2) is 0 Å². The molecule has 0 aliphatic heterocycles. The minimum Gasteiger partial charge on any atom is -0.491 e. The molecule has 6 heteroatoms. The molecule has 0 saturated carbocycles. The van der Waals surface area contributed by atoms with E-state index in [1.807, 2.05) is 31.2 Å². The number of rotatable bonds is 9. The number of carbonyl (C=O) groups is 2. The Morgan fingerprint density at radius 1 is 1.00 bits per heavy atom. The largest absolute Gasteiger partial charge is 0.491 e. The Labute approximate surface area is 159 Å². The number of nitrogens with zero attached hydrogens (tertiary/aromatic N) is 1. The van der Waals surface area contributed by atoms with Crippen LogP contribution in [0.2, 0.25) is 0 Å². The van der Waals surface area contributed by atoms with Crippen LogP contribution in [-0.4, -0.2) is 50.8 Å². The van der Waals surface area contributed by atoms with E-state index in [0.717, 1.165) is 11.1 Å². The monoisotopic (exact) mass is 371 g/mol. The Balaban J connectivity index is 2.21. The lowest BCUT2D eigenvalue weighted by Crippen LogP contribution is -2.36. The van der Waals surface area contributed by atoms with Crippen LogP contribution < -0.4 is 4.74 Å². The zero-order chi connectivity index (χ0) is 19.6. The molecule has 0 aromatic heterocycles. The van der Waals surface area contributed by atoms with E-state index in [-0.39, 0.29) is 12.5 Å². The summed E-state index contributed by atoms with van der Waals surface area (Å²) in [5.41, 5.74) is 2.47. The van der Waals surface area contributed by atoms with Crippen molar-refractivity contribution in [3.05, 3.63) is 65.2 Å². The standard InChI is InChI=1S/C21H25NO5/c1-16-7-4-5-8-18(16)14-22(15-20(23)26-3)21(24)17-9-6-10-19(13-17)27-12-11-25-2/h4-10,13H,11-12,14-15H2,1-3H3. The van der Waals surface area contributed by atoms with Gasteiger partial charge in [0.1, 0.15) is 18.9 Å². The topological polar surface area (TPSA) is 65.1 Å². The number of esters is 1. The Morgan fingerprint density at radius 2 is 1.78 bits per heavy atom. The number of aryl methyl sites for hydroxylation is 1. The first-order valence-electron chi connectivity index (χ1n) is 8.67. The van der Waals surface area contributed by atoms with Crippen LogP contribution >= 0.6 is 0 Å². The van der Waals surface area contributed by atoms with Gasteiger partial charge < -0.3 is 19.1 Å². The molecule has 0 aliphatic rings. The Bertz CT molecular complexity index is 775. The average Bonchev–Trinajstić information content (AvgIpc) is 2.69. The molecule has 0 saturated heterocycles. The number of ether oxygens (including phenoxy) is 3. The Hall–Kier alpha value is -2.86. The average molecular weight is 371 g/mol. The normalized spacial score (nSPS) is 10.3. The summed E-state index contributed by atoms with van der Waals surface area (Å²) in [6.07, 6.45) is 0. The van der Waals surface area contributed by atoms with Crippen molar-refractivity contribution >= 4 is 11.9 Å². The number of hydrogen-bond donors (Lipinski definition) is 0. The first-order valence-corrected chi connectivity index (χ1v) is 8.67. The number of amides is 1. The lowest BCUT2D eigenvalue weighted by atomic mass is 10.1. The van der Waals surface area contributed by atoms with Crippen LogP contribution in [-0.2, 0) is 20.8 Å². The van der Waals surface area contributed by atoms with Crippen LogP contribution in [0, 0.1) is 6.92 Å². The molecule has 0 spiro atoms. The summed E-state index contributed by atoms with van der Waals surface area (Å²) < 4.78 is 15.3. The van der Waals surface area contributed by atoms with Crippen molar-refractivity contribution < 1.29 is 23.8 Å². The van der Waals surface area contributed by atoms with Gasteiger partial charge in [0.05, 0.1) is 13.7 Å². The van der Waals surface area contributed by atoms with E-state index in [0.29, 0.717) is 31.1 Å². The highest BCUT2D eigenvalue weighted by molar-refractivity contribution is 5.96. The van der Waals surface area contributed by atoms with Crippen LogP contribution in [0.3, 0.4) is 0 Å². The molecule has 0 atom stereocenters. The lowest BCUT2D eigenvalue weighted by molar-refractivity contribution is -0.141. The number of methoxy groups -OCH3 is 2. The molecule has 2 aromatic carbocycles. The minimum atomic E-state index is -0.468. The summed E-state index contributed by atoms with van der Waals surface area (Å²) in [6.45, 7) is 3.01. The van der Waals surface area contributed by atoms with Gasteiger partial charge in [-0.25, -0.2) is 0 Å². The van der Waals surface area contributed by atoms with Crippen LogP contribution in [0.25, 0.3) is 0 Å². The van der Waals surface area contributed by atoms with Crippen molar-refractivity contribution in [3.63, 3.8) is 0 Å². The number of benzene rings is 2. The zero-order valence-electron chi connectivity index (χ0n) is 15.9. The first-order chi connectivity index (χ1) is 13.0. The van der Waals surface area contributed by atoms with Gasteiger partial charge in [-0.15, -0.1) is 0 Å². The fourth-order valence-corrected chi connectivity index (χ4v) is 2.56. The second-order valence-electron chi connectivity index (χ2n) is 6.03. The van der Waals surface area contributed by atoms with Crippen molar-refractivity contribution in [3.8, 4) is 5.75 Å². The molecule has 6 nitrogen and oxygen atoms in total. The minimum absolute atomic E-state index is 0.127. The molecule has 0 fully saturated rings. The maximum Gasteiger partial charge on any atom is 0.325 e. The lowest BCUT2D eigenvalue weighted by Gasteiger charge is -2.23. The summed E-state index contributed by atoms with van der Waals surface area (Å²) in [6, 6.07) is 14.7. The van der Waals surface area contributed by atoms with Crippen molar-refractivity contribution in [2.24, 2.45) is 0 Å². The van der Waals surface area contributed by atoms with E-state index in [4.69, 9.17) is 14.2 Å². The van der Waals surface area contributed by atoms with Gasteiger partial charge in [-0.2, -0.15) is 0 Å². The molecular weight excluding hydrogens is 346 g/mol. The van der Waals surface area contributed by atoms with Gasteiger partial charge in [-0.1, -0.05) is 30.3 Å². The third kappa shape index (κ3) is 6.11. The molecule has 1 amide bonds. The van der Waals surface area contributed by atoms with Crippen LogP contribution in [0.15, 0.2) is 48.5 Å². The van der Waals surface area contributed by atoms with Crippen LogP contribution in [0.5, 0.6) is 5.75 Å². The highest BCUT2D eigenvalue weighted by Crippen LogP contribution is 2.18. The van der Waals surface area contributed by atoms with E-state index in [1.54, 1.807) is 31.4 Å². The number of hydrogen-bond acceptors (Lipinski definition) is 5. The predicted molar refractivity (Wildman–Crippen MR) is 102 cm³/mol. The summed E-state index contributed by atoms with van der Waals surface area (Å²) in [7, 11) is 2.91. The molecule has 0 unspecified atom stereocenters. The summed E-state index contributed by atoms with van der Waals surface area (Å²) in [5, 5.41) is 0. The maximum atomic E-state index is 13.0. The highest BCUT2D eigenvalue weighted by atomic mass is 16.5. The predicted octanol–water partition coefficient (Wildman–Crippen LogP) is 2.84. The molecule has 2 rings (SSSR count). The SMILES string of the molecule is COCCOc1cccc(C(=O)N(CC(=O)OC)Cc2ccccc2C)c1. The van der Waals surface area contributed by atoms with E-state index in [9.17, 15) is 9.59 Å². The first kappa shape index (κ1) is 20.5. The highest BCUT2D eigenvalue weighted by Gasteiger charge is 2.20. The van der Waals surface area contributed by atoms with Crippen LogP contribution in [0.4, 0.5) is 0 Å². The Kier molecular flexibility index (Phi) is 7.82. The summed E-state index contributed by atoms with van der Waals surface area (Å²) >= 11 is 0.